The summed E-state index contributed by atoms with van der Waals surface area (Å²) in [7, 11) is -2.54. The number of esters is 1. The molecule has 1 heterocycles. The number of rotatable bonds is 5. The predicted octanol–water partition coefficient (Wildman–Crippen LogP) is 3.69. The van der Waals surface area contributed by atoms with Crippen LogP contribution in [-0.2, 0) is 26.0 Å². The molecule has 0 aliphatic carbocycles. The number of para-hydroxylation sites is 1. The zero-order chi connectivity index (χ0) is 19.8. The molecule has 0 N–H and O–H groups in total. The van der Waals surface area contributed by atoms with Crippen LogP contribution in [0.5, 0.6) is 5.75 Å². The lowest BCUT2D eigenvalue weighted by atomic mass is 10.1. The maximum Gasteiger partial charge on any atom is 0.347 e. The number of hydrogen-bond acceptors (Lipinski definition) is 5. The van der Waals surface area contributed by atoms with Crippen molar-refractivity contribution in [1.29, 1.82) is 0 Å². The van der Waals surface area contributed by atoms with Crippen molar-refractivity contribution >= 4 is 44.9 Å². The summed E-state index contributed by atoms with van der Waals surface area (Å²) in [5.41, 5.74) is 0.966. The summed E-state index contributed by atoms with van der Waals surface area (Å²) in [5, 5.41) is -0.191. The molecule has 3 rings (SSSR count). The summed E-state index contributed by atoms with van der Waals surface area (Å²) in [6.07, 6.45) is -0.721. The third kappa shape index (κ3) is 3.59. The molecule has 1 aliphatic heterocycles. The van der Waals surface area contributed by atoms with Gasteiger partial charge >= 0.3 is 5.97 Å². The van der Waals surface area contributed by atoms with Crippen LogP contribution in [0.4, 0.5) is 5.69 Å². The first-order valence-corrected chi connectivity index (χ1v) is 10.3. The highest BCUT2D eigenvalue weighted by molar-refractivity contribution is 7.93. The molecule has 0 amide bonds. The Kier molecular flexibility index (Phi) is 5.55. The van der Waals surface area contributed by atoms with E-state index in [1.807, 2.05) is 0 Å². The third-order valence-electron chi connectivity index (χ3n) is 4.18. The van der Waals surface area contributed by atoms with Gasteiger partial charge in [0.1, 0.15) is 15.7 Å². The van der Waals surface area contributed by atoms with Crippen molar-refractivity contribution in [3.8, 4) is 5.75 Å². The number of sulfonamides is 1. The quantitative estimate of drug-likeness (QED) is 0.677. The molecule has 0 saturated carbocycles. The van der Waals surface area contributed by atoms with Gasteiger partial charge in [0.05, 0.1) is 17.3 Å². The Hall–Kier alpha value is -1.96. The standard InChI is InChI=1S/C18H17Cl2NO5S/c1-3-25-18(22)13-9-11-10-14(15(19)16(20)17(11)26-13)27(23,24)21(2)12-7-5-4-6-8-12/h4-8,10,13H,3,9H2,1-2H3. The van der Waals surface area contributed by atoms with Crippen molar-refractivity contribution in [2.45, 2.75) is 24.3 Å². The van der Waals surface area contributed by atoms with E-state index in [0.717, 1.165) is 4.31 Å². The van der Waals surface area contributed by atoms with Crippen LogP contribution in [0.2, 0.25) is 10.0 Å². The highest BCUT2D eigenvalue weighted by atomic mass is 35.5. The SMILES string of the molecule is CCOC(=O)C1Cc2cc(S(=O)(=O)N(C)c3ccccc3)c(Cl)c(Cl)c2O1. The van der Waals surface area contributed by atoms with Crippen molar-refractivity contribution in [3.63, 3.8) is 0 Å². The molecule has 2 aromatic carbocycles. The number of nitrogens with zero attached hydrogens (tertiary/aromatic N) is 1. The molecule has 1 unspecified atom stereocenters. The zero-order valence-electron chi connectivity index (χ0n) is 14.6. The first-order valence-electron chi connectivity index (χ1n) is 8.15. The monoisotopic (exact) mass is 429 g/mol. The van der Waals surface area contributed by atoms with Gasteiger partial charge in [-0.3, -0.25) is 4.31 Å². The largest absolute Gasteiger partial charge is 0.476 e. The number of carbonyl (C=O) groups excluding carboxylic acids is 1. The van der Waals surface area contributed by atoms with Crippen LogP contribution in [-0.4, -0.2) is 34.1 Å². The Labute approximate surface area is 167 Å². The fraction of sp³-hybridized carbons (Fsp3) is 0.278. The van der Waals surface area contributed by atoms with Crippen LogP contribution in [0.1, 0.15) is 12.5 Å². The Bertz CT molecular complexity index is 979. The molecular formula is C18H17Cl2NO5S. The summed E-state index contributed by atoms with van der Waals surface area (Å²) in [6, 6.07) is 9.99. The molecule has 144 valence electrons. The molecule has 0 bridgehead atoms. The summed E-state index contributed by atoms with van der Waals surface area (Å²) in [5.74, 6) is -0.326. The van der Waals surface area contributed by atoms with Gasteiger partial charge in [-0.15, -0.1) is 0 Å². The topological polar surface area (TPSA) is 72.9 Å². The van der Waals surface area contributed by atoms with E-state index in [0.29, 0.717) is 11.3 Å². The predicted molar refractivity (Wildman–Crippen MR) is 103 cm³/mol. The second-order valence-electron chi connectivity index (χ2n) is 5.86. The van der Waals surface area contributed by atoms with Gasteiger partial charge in [-0.25, -0.2) is 13.2 Å². The number of ether oxygens (including phenoxy) is 2. The van der Waals surface area contributed by atoms with Crippen LogP contribution in [0, 0.1) is 0 Å². The number of carbonyl (C=O) groups is 1. The lowest BCUT2D eigenvalue weighted by Gasteiger charge is -2.21. The van der Waals surface area contributed by atoms with E-state index in [9.17, 15) is 13.2 Å². The van der Waals surface area contributed by atoms with Gasteiger partial charge in [0.2, 0.25) is 0 Å². The van der Waals surface area contributed by atoms with Crippen molar-refractivity contribution in [3.05, 3.63) is 52.0 Å². The van der Waals surface area contributed by atoms with E-state index < -0.39 is 22.1 Å². The van der Waals surface area contributed by atoms with Gasteiger partial charge in [-0.2, -0.15) is 0 Å². The molecule has 27 heavy (non-hydrogen) atoms. The first-order chi connectivity index (χ1) is 12.8. The Morgan fingerprint density at radius 3 is 2.56 bits per heavy atom. The van der Waals surface area contributed by atoms with Crippen molar-refractivity contribution in [1.82, 2.24) is 0 Å². The second-order valence-corrected chi connectivity index (χ2v) is 8.56. The van der Waals surface area contributed by atoms with Crippen LogP contribution in [0.25, 0.3) is 0 Å². The van der Waals surface area contributed by atoms with Gasteiger partial charge in [0, 0.05) is 19.0 Å². The van der Waals surface area contributed by atoms with Crippen molar-refractivity contribution in [2.24, 2.45) is 0 Å². The van der Waals surface area contributed by atoms with Crippen LogP contribution in [0.15, 0.2) is 41.3 Å². The van der Waals surface area contributed by atoms with E-state index in [-0.39, 0.29) is 33.7 Å². The average Bonchev–Trinajstić information content (AvgIpc) is 3.09. The molecule has 1 aliphatic rings. The molecule has 9 heteroatoms. The molecule has 0 fully saturated rings. The van der Waals surface area contributed by atoms with Crippen LogP contribution >= 0.6 is 23.2 Å². The molecule has 0 aromatic heterocycles. The van der Waals surface area contributed by atoms with Crippen LogP contribution in [0.3, 0.4) is 0 Å². The highest BCUT2D eigenvalue weighted by Gasteiger charge is 2.36. The van der Waals surface area contributed by atoms with E-state index in [1.165, 1.54) is 13.1 Å². The summed E-state index contributed by atoms with van der Waals surface area (Å²) >= 11 is 12.5. The minimum absolute atomic E-state index is 0.0407. The Balaban J connectivity index is 2.01. The fourth-order valence-electron chi connectivity index (χ4n) is 2.78. The molecule has 0 saturated heterocycles. The summed E-state index contributed by atoms with van der Waals surface area (Å²) < 4.78 is 37.8. The van der Waals surface area contributed by atoms with E-state index >= 15 is 0 Å². The molecule has 6 nitrogen and oxygen atoms in total. The molecule has 0 spiro atoms. The Morgan fingerprint density at radius 2 is 1.93 bits per heavy atom. The fourth-order valence-corrected chi connectivity index (χ4v) is 4.85. The third-order valence-corrected chi connectivity index (χ3v) is 6.95. The average molecular weight is 430 g/mol. The van der Waals surface area contributed by atoms with Gasteiger partial charge in [0.25, 0.3) is 10.0 Å². The number of hydrogen-bond donors (Lipinski definition) is 0. The van der Waals surface area contributed by atoms with Crippen LogP contribution < -0.4 is 9.04 Å². The lowest BCUT2D eigenvalue weighted by Crippen LogP contribution is -2.27. The summed E-state index contributed by atoms with van der Waals surface area (Å²) in [4.78, 5) is 11.8. The molecule has 1 atom stereocenters. The maximum absolute atomic E-state index is 13.1. The van der Waals surface area contributed by atoms with Gasteiger partial charge < -0.3 is 9.47 Å². The van der Waals surface area contributed by atoms with Gasteiger partial charge in [-0.05, 0) is 25.1 Å². The number of fused-ring (bicyclic) bond motifs is 1. The number of anilines is 1. The van der Waals surface area contributed by atoms with Gasteiger partial charge in [0.15, 0.2) is 6.10 Å². The minimum Gasteiger partial charge on any atom is -0.476 e. The maximum atomic E-state index is 13.1. The summed E-state index contributed by atoms with van der Waals surface area (Å²) in [6.45, 7) is 1.90. The lowest BCUT2D eigenvalue weighted by molar-refractivity contribution is -0.150. The van der Waals surface area contributed by atoms with E-state index in [2.05, 4.69) is 0 Å². The first kappa shape index (κ1) is 19.8. The van der Waals surface area contributed by atoms with E-state index in [1.54, 1.807) is 37.3 Å². The molecule has 0 radical (unpaired) electrons. The molecular weight excluding hydrogens is 413 g/mol. The highest BCUT2D eigenvalue weighted by Crippen LogP contribution is 2.44. The second kappa shape index (κ2) is 7.58. The minimum atomic E-state index is -3.97. The number of halogens is 2. The molecule has 2 aromatic rings. The normalized spacial score (nSPS) is 15.8. The zero-order valence-corrected chi connectivity index (χ0v) is 16.9. The van der Waals surface area contributed by atoms with Crippen molar-refractivity contribution < 1.29 is 22.7 Å². The van der Waals surface area contributed by atoms with Crippen molar-refractivity contribution in [2.75, 3.05) is 18.0 Å². The van der Waals surface area contributed by atoms with E-state index in [4.69, 9.17) is 32.7 Å². The van der Waals surface area contributed by atoms with Gasteiger partial charge in [-0.1, -0.05) is 41.4 Å². The smallest absolute Gasteiger partial charge is 0.347 e. The number of benzene rings is 2. The Morgan fingerprint density at radius 1 is 1.26 bits per heavy atom.